The van der Waals surface area contributed by atoms with Crippen molar-refractivity contribution in [1.29, 1.82) is 10.5 Å². The molecule has 2 aliphatic rings. The Kier molecular flexibility index (Phi) is 40.5. The summed E-state index contributed by atoms with van der Waals surface area (Å²) in [6, 6.07) is 3.98. The van der Waals surface area contributed by atoms with Crippen molar-refractivity contribution in [1.82, 2.24) is 10.6 Å². The average Bonchev–Trinajstić information content (AvgIpc) is 3.94. The molecule has 2 fully saturated rings. The minimum atomic E-state index is -0.265. The van der Waals surface area contributed by atoms with Gasteiger partial charge in [-0.15, -0.1) is 0 Å². The Bertz CT molecular complexity index is 1010. The summed E-state index contributed by atoms with van der Waals surface area (Å²) in [5, 5.41) is 24.0. The molecule has 0 aromatic rings. The number of nitrogens with zero attached hydrogens (tertiary/aromatic N) is 2. The van der Waals surface area contributed by atoms with Gasteiger partial charge in [0.05, 0.1) is 0 Å². The molecule has 2 N–H and O–H groups in total. The molecule has 10 radical (unpaired) electrons. The van der Waals surface area contributed by atoms with E-state index in [-0.39, 0.29) is 40.0 Å². The molecular weight excluding hydrogens is 744 g/mol. The fourth-order valence-corrected chi connectivity index (χ4v) is 6.83. The van der Waals surface area contributed by atoms with E-state index in [4.69, 9.17) is 10.5 Å². The van der Waals surface area contributed by atoms with Crippen molar-refractivity contribution in [2.45, 2.75) is 194 Å². The third kappa shape index (κ3) is 33.4. The van der Waals surface area contributed by atoms with Gasteiger partial charge in [0, 0.05) is 24.9 Å². The number of unbranched alkanes of at least 4 members (excludes halogenated alkanes) is 26. The van der Waals surface area contributed by atoms with Gasteiger partial charge in [-0.25, -0.2) is 0 Å². The smallest absolute Gasteiger partial charge is 0.351 e. The fourth-order valence-electron chi connectivity index (χ4n) is 6.83. The monoisotopic (exact) mass is 823 g/mol. The van der Waals surface area contributed by atoms with Crippen molar-refractivity contribution >= 4 is 11.8 Å². The van der Waals surface area contributed by atoms with Gasteiger partial charge < -0.3 is 10.6 Å². The molecule has 0 aromatic carbocycles. The Hall–Kier alpha value is -2.08. The van der Waals surface area contributed by atoms with E-state index in [0.717, 1.165) is 37.5 Å². The molecule has 316 valence electrons. The molecule has 2 amide bonds. The summed E-state index contributed by atoms with van der Waals surface area (Å²) in [5.74, 6) is 1.25. The SMILES string of the molecule is CCCCCCCCCCCCCCCCNC(=O)/C(C#N)=C/[C]1[CH][CH][CH][CH]1.CCCCCCCCCCCCCCCCNC(=O)/C(C#N)=C/[C]1[CH][CH][CH][CH]1.[Fe+2]. The Balaban J connectivity index is 0.00000108. The zero-order valence-electron chi connectivity index (χ0n) is 36.1. The molecule has 0 spiro atoms. The van der Waals surface area contributed by atoms with Crippen LogP contribution < -0.4 is 10.6 Å². The number of amides is 2. The first kappa shape index (κ1) is 54.9. The average molecular weight is 823 g/mol. The number of nitriles is 2. The molecule has 2 rings (SSSR count). The van der Waals surface area contributed by atoms with E-state index in [0.29, 0.717) is 13.1 Å². The quantitative estimate of drug-likeness (QED) is 0.0292. The van der Waals surface area contributed by atoms with Crippen molar-refractivity contribution in [3.63, 3.8) is 0 Å². The van der Waals surface area contributed by atoms with Gasteiger partial charge in [0.15, 0.2) is 0 Å². The molecule has 0 aromatic heterocycles. The van der Waals surface area contributed by atoms with E-state index in [1.165, 1.54) is 154 Å². The van der Waals surface area contributed by atoms with Gasteiger partial charge in [-0.1, -0.05) is 193 Å². The number of carbonyl (C=O) groups is 2. The molecule has 7 heteroatoms. The second-order valence-corrected chi connectivity index (χ2v) is 15.5. The van der Waals surface area contributed by atoms with Gasteiger partial charge in [-0.3, -0.25) is 9.59 Å². The van der Waals surface area contributed by atoms with E-state index in [1.54, 1.807) is 12.2 Å². The molecule has 57 heavy (non-hydrogen) atoms. The molecule has 0 unspecified atom stereocenters. The van der Waals surface area contributed by atoms with Gasteiger partial charge in [0.2, 0.25) is 0 Å². The largest absolute Gasteiger partial charge is 2.00 e. The van der Waals surface area contributed by atoms with Gasteiger partial charge in [0.1, 0.15) is 23.3 Å². The molecule has 0 atom stereocenters. The Morgan fingerprint density at radius 1 is 0.439 bits per heavy atom. The topological polar surface area (TPSA) is 106 Å². The summed E-state index contributed by atoms with van der Waals surface area (Å²) in [4.78, 5) is 24.1. The van der Waals surface area contributed by atoms with Crippen LogP contribution in [-0.2, 0) is 26.7 Å². The van der Waals surface area contributed by atoms with Gasteiger partial charge in [0.25, 0.3) is 11.8 Å². The third-order valence-corrected chi connectivity index (χ3v) is 10.4. The van der Waals surface area contributed by atoms with E-state index >= 15 is 0 Å². The van der Waals surface area contributed by atoms with Crippen LogP contribution in [0.5, 0.6) is 0 Å². The number of hydrogen-bond acceptors (Lipinski definition) is 4. The van der Waals surface area contributed by atoms with E-state index in [1.807, 2.05) is 63.5 Å². The van der Waals surface area contributed by atoms with E-state index in [9.17, 15) is 9.59 Å². The van der Waals surface area contributed by atoms with Gasteiger partial charge >= 0.3 is 17.1 Å². The summed E-state index contributed by atoms with van der Waals surface area (Å²) in [7, 11) is 0. The maximum absolute atomic E-state index is 12.0. The second-order valence-electron chi connectivity index (χ2n) is 15.5. The van der Waals surface area contributed by atoms with E-state index < -0.39 is 0 Å². The number of nitrogens with one attached hydrogen (secondary N) is 2. The zero-order chi connectivity index (χ0) is 40.6. The molecule has 0 saturated heterocycles. The predicted molar refractivity (Wildman–Crippen MR) is 235 cm³/mol. The van der Waals surface area contributed by atoms with Crippen molar-refractivity contribution < 1.29 is 26.7 Å². The number of allylic oxidation sites excluding steroid dienone is 2. The first-order valence-corrected chi connectivity index (χ1v) is 22.8. The zero-order valence-corrected chi connectivity index (χ0v) is 37.2. The number of rotatable bonds is 34. The number of hydrogen-bond donors (Lipinski definition) is 2. The van der Waals surface area contributed by atoms with Crippen molar-refractivity contribution in [2.24, 2.45) is 0 Å². The Morgan fingerprint density at radius 3 is 0.895 bits per heavy atom. The van der Waals surface area contributed by atoms with E-state index in [2.05, 4.69) is 24.5 Å². The van der Waals surface area contributed by atoms with Crippen LogP contribution >= 0.6 is 0 Å². The first-order chi connectivity index (χ1) is 27.5. The molecule has 2 aliphatic carbocycles. The van der Waals surface area contributed by atoms with Crippen LogP contribution in [0.4, 0.5) is 0 Å². The van der Waals surface area contributed by atoms with Crippen molar-refractivity contribution in [3.05, 3.63) is 86.5 Å². The Morgan fingerprint density at radius 2 is 0.667 bits per heavy atom. The standard InChI is InChI=1S/2C25H39N2O.Fe/c2*1-2-3-4-5-6-7-8-9-10-11-12-13-14-17-20-27-25(28)24(22-26)21-23-18-15-16-19-23;/h2*15-16,18-19,21H,2-14,17,20H2,1H3,(H,27,28);/q;;+2/b2*24-21+;. The van der Waals surface area contributed by atoms with Gasteiger partial charge in [-0.2, -0.15) is 10.5 Å². The summed E-state index contributed by atoms with van der Waals surface area (Å²) in [5.41, 5.74) is 0.355. The third-order valence-electron chi connectivity index (χ3n) is 10.4. The first-order valence-electron chi connectivity index (χ1n) is 22.8. The van der Waals surface area contributed by atoms with Crippen LogP contribution in [0.3, 0.4) is 0 Å². The number of carbonyl (C=O) groups excluding carboxylic acids is 2. The molecule has 6 nitrogen and oxygen atoms in total. The molecular formula is C50H78FeN4O2+2. The van der Waals surface area contributed by atoms with Crippen LogP contribution in [0.1, 0.15) is 194 Å². The van der Waals surface area contributed by atoms with Gasteiger partial charge in [-0.05, 0) is 64.2 Å². The second kappa shape index (κ2) is 42.1. The van der Waals surface area contributed by atoms with Crippen LogP contribution in [-0.4, -0.2) is 24.9 Å². The Labute approximate surface area is 363 Å². The summed E-state index contributed by atoms with van der Waals surface area (Å²) >= 11 is 0. The maximum atomic E-state index is 12.0. The summed E-state index contributed by atoms with van der Waals surface area (Å²) in [6.45, 7) is 5.84. The summed E-state index contributed by atoms with van der Waals surface area (Å²) in [6.07, 6.45) is 55.5. The molecule has 0 aliphatic heterocycles. The van der Waals surface area contributed by atoms with Crippen LogP contribution in [0.25, 0.3) is 0 Å². The normalized spacial score (nSPS) is 14.7. The minimum absolute atomic E-state index is 0. The van der Waals surface area contributed by atoms with Crippen molar-refractivity contribution in [3.8, 4) is 12.1 Å². The van der Waals surface area contributed by atoms with Crippen LogP contribution in [0.15, 0.2) is 23.3 Å². The molecule has 0 heterocycles. The summed E-state index contributed by atoms with van der Waals surface area (Å²) < 4.78 is 0. The molecule has 0 bridgehead atoms. The molecule has 2 saturated carbocycles. The van der Waals surface area contributed by atoms with Crippen LogP contribution in [0, 0.1) is 85.9 Å². The van der Waals surface area contributed by atoms with Crippen LogP contribution in [0.2, 0.25) is 0 Å². The maximum Gasteiger partial charge on any atom is 2.00 e. The predicted octanol–water partition coefficient (Wildman–Crippen LogP) is 12.9. The fraction of sp³-hybridized carbons (Fsp3) is 0.640. The minimum Gasteiger partial charge on any atom is -0.351 e. The van der Waals surface area contributed by atoms with Crippen molar-refractivity contribution in [2.75, 3.05) is 13.1 Å².